The SMILES string of the molecule is CN(C)CCNC(=O)[CH]c1ccccc1. The minimum Gasteiger partial charge on any atom is -0.354 e. The van der Waals surface area contributed by atoms with Crippen LogP contribution in [0.1, 0.15) is 5.56 Å². The summed E-state index contributed by atoms with van der Waals surface area (Å²) in [6.45, 7) is 1.53. The molecule has 0 saturated carbocycles. The van der Waals surface area contributed by atoms with Crippen molar-refractivity contribution in [3.63, 3.8) is 0 Å². The third-order valence-corrected chi connectivity index (χ3v) is 1.96. The van der Waals surface area contributed by atoms with Crippen molar-refractivity contribution in [1.29, 1.82) is 0 Å². The topological polar surface area (TPSA) is 32.3 Å². The van der Waals surface area contributed by atoms with E-state index in [-0.39, 0.29) is 5.91 Å². The van der Waals surface area contributed by atoms with Crippen molar-refractivity contribution in [2.24, 2.45) is 0 Å². The predicted molar refractivity (Wildman–Crippen MR) is 61.4 cm³/mol. The van der Waals surface area contributed by atoms with Crippen LogP contribution >= 0.6 is 0 Å². The van der Waals surface area contributed by atoms with E-state index in [2.05, 4.69) is 5.32 Å². The second-order valence-electron chi connectivity index (χ2n) is 3.65. The molecule has 3 nitrogen and oxygen atoms in total. The van der Waals surface area contributed by atoms with Gasteiger partial charge in [-0.1, -0.05) is 30.3 Å². The summed E-state index contributed by atoms with van der Waals surface area (Å²) in [5, 5.41) is 2.83. The van der Waals surface area contributed by atoms with E-state index in [1.165, 1.54) is 0 Å². The highest BCUT2D eigenvalue weighted by molar-refractivity contribution is 5.88. The van der Waals surface area contributed by atoms with Crippen LogP contribution in [0.5, 0.6) is 0 Å². The summed E-state index contributed by atoms with van der Waals surface area (Å²) >= 11 is 0. The molecular weight excluding hydrogens is 188 g/mol. The van der Waals surface area contributed by atoms with Gasteiger partial charge in [0.05, 0.1) is 6.42 Å². The summed E-state index contributed by atoms with van der Waals surface area (Å²) in [7, 11) is 3.96. The van der Waals surface area contributed by atoms with E-state index in [0.29, 0.717) is 6.54 Å². The second kappa shape index (κ2) is 6.19. The van der Waals surface area contributed by atoms with Crippen LogP contribution in [0.4, 0.5) is 0 Å². The molecular formula is C12H17N2O. The quantitative estimate of drug-likeness (QED) is 0.775. The van der Waals surface area contributed by atoms with Crippen molar-refractivity contribution < 1.29 is 4.79 Å². The van der Waals surface area contributed by atoms with E-state index in [4.69, 9.17) is 0 Å². The highest BCUT2D eigenvalue weighted by atomic mass is 16.1. The molecule has 0 aliphatic rings. The standard InChI is InChI=1S/C12H17N2O/c1-14(2)9-8-13-12(15)10-11-6-4-3-5-7-11/h3-7,10H,8-9H2,1-2H3,(H,13,15). The molecule has 81 valence electrons. The Morgan fingerprint density at radius 2 is 2.00 bits per heavy atom. The third-order valence-electron chi connectivity index (χ3n) is 1.96. The maximum atomic E-state index is 11.4. The molecule has 0 bridgehead atoms. The number of nitrogens with one attached hydrogen (secondary N) is 1. The Hall–Kier alpha value is -1.35. The van der Waals surface area contributed by atoms with Crippen molar-refractivity contribution in [2.75, 3.05) is 27.2 Å². The molecule has 0 aliphatic carbocycles. The number of hydrogen-bond acceptors (Lipinski definition) is 2. The molecule has 0 spiro atoms. The summed E-state index contributed by atoms with van der Waals surface area (Å²) in [4.78, 5) is 13.4. The molecule has 0 heterocycles. The van der Waals surface area contributed by atoms with Crippen LogP contribution in [-0.4, -0.2) is 38.0 Å². The van der Waals surface area contributed by atoms with Crippen LogP contribution < -0.4 is 5.32 Å². The van der Waals surface area contributed by atoms with Gasteiger partial charge in [0.2, 0.25) is 5.91 Å². The minimum atomic E-state index is -0.0388. The van der Waals surface area contributed by atoms with Crippen LogP contribution in [-0.2, 0) is 4.79 Å². The van der Waals surface area contributed by atoms with Crippen molar-refractivity contribution in [3.8, 4) is 0 Å². The van der Waals surface area contributed by atoms with Gasteiger partial charge in [-0.25, -0.2) is 0 Å². The van der Waals surface area contributed by atoms with Gasteiger partial charge >= 0.3 is 0 Å². The average Bonchev–Trinajstić information content (AvgIpc) is 2.18. The average molecular weight is 205 g/mol. The Morgan fingerprint density at radius 3 is 2.60 bits per heavy atom. The molecule has 0 aliphatic heterocycles. The van der Waals surface area contributed by atoms with E-state index in [9.17, 15) is 4.79 Å². The van der Waals surface area contributed by atoms with Gasteiger partial charge in [0, 0.05) is 13.1 Å². The first kappa shape index (κ1) is 11.7. The van der Waals surface area contributed by atoms with E-state index in [1.807, 2.05) is 49.3 Å². The fraction of sp³-hybridized carbons (Fsp3) is 0.333. The number of carbonyl (C=O) groups is 1. The van der Waals surface area contributed by atoms with Gasteiger partial charge in [-0.2, -0.15) is 0 Å². The third kappa shape index (κ3) is 5.18. The Morgan fingerprint density at radius 1 is 1.33 bits per heavy atom. The fourth-order valence-electron chi connectivity index (χ4n) is 1.15. The summed E-state index contributed by atoms with van der Waals surface area (Å²) in [6, 6.07) is 9.58. The zero-order chi connectivity index (χ0) is 11.1. The van der Waals surface area contributed by atoms with Gasteiger partial charge in [0.1, 0.15) is 0 Å². The van der Waals surface area contributed by atoms with Gasteiger partial charge in [0.25, 0.3) is 0 Å². The number of hydrogen-bond donors (Lipinski definition) is 1. The molecule has 1 rings (SSSR count). The van der Waals surface area contributed by atoms with E-state index in [1.54, 1.807) is 6.42 Å². The lowest BCUT2D eigenvalue weighted by Crippen LogP contribution is -2.31. The van der Waals surface area contributed by atoms with E-state index in [0.717, 1.165) is 12.1 Å². The lowest BCUT2D eigenvalue weighted by atomic mass is 10.1. The van der Waals surface area contributed by atoms with Gasteiger partial charge in [-0.3, -0.25) is 4.79 Å². The second-order valence-corrected chi connectivity index (χ2v) is 3.65. The molecule has 3 heteroatoms. The zero-order valence-electron chi connectivity index (χ0n) is 9.23. The minimum absolute atomic E-state index is 0.0388. The van der Waals surface area contributed by atoms with E-state index < -0.39 is 0 Å². The van der Waals surface area contributed by atoms with E-state index >= 15 is 0 Å². The largest absolute Gasteiger partial charge is 0.354 e. The lowest BCUT2D eigenvalue weighted by molar-refractivity contribution is -0.117. The molecule has 15 heavy (non-hydrogen) atoms. The fourth-order valence-corrected chi connectivity index (χ4v) is 1.15. The summed E-state index contributed by atoms with van der Waals surface area (Å²) < 4.78 is 0. The van der Waals surface area contributed by atoms with Crippen LogP contribution in [0.2, 0.25) is 0 Å². The summed E-state index contributed by atoms with van der Waals surface area (Å²) in [5.74, 6) is -0.0388. The molecule has 0 fully saturated rings. The van der Waals surface area contributed by atoms with Gasteiger partial charge in [-0.15, -0.1) is 0 Å². The maximum Gasteiger partial charge on any atom is 0.228 e. The Balaban J connectivity index is 2.25. The van der Waals surface area contributed by atoms with Gasteiger partial charge < -0.3 is 10.2 Å². The molecule has 0 atom stereocenters. The first-order chi connectivity index (χ1) is 7.18. The first-order valence-electron chi connectivity index (χ1n) is 5.01. The predicted octanol–water partition coefficient (Wildman–Crippen LogP) is 0.917. The number of rotatable bonds is 5. The van der Waals surface area contributed by atoms with Gasteiger partial charge in [0.15, 0.2) is 0 Å². The van der Waals surface area contributed by atoms with Crippen molar-refractivity contribution in [2.45, 2.75) is 0 Å². The van der Waals surface area contributed by atoms with Crippen LogP contribution in [0.3, 0.4) is 0 Å². The first-order valence-corrected chi connectivity index (χ1v) is 5.01. The maximum absolute atomic E-state index is 11.4. The van der Waals surface area contributed by atoms with Crippen molar-refractivity contribution in [3.05, 3.63) is 42.3 Å². The highest BCUT2D eigenvalue weighted by Crippen LogP contribution is 2.00. The zero-order valence-corrected chi connectivity index (χ0v) is 9.23. The smallest absolute Gasteiger partial charge is 0.228 e. The Bertz CT molecular complexity index is 296. The number of likely N-dealkylation sites (N-methyl/N-ethyl adjacent to an activating group) is 1. The molecule has 0 unspecified atom stereocenters. The van der Waals surface area contributed by atoms with Crippen LogP contribution in [0.15, 0.2) is 30.3 Å². The molecule has 1 N–H and O–H groups in total. The molecule has 0 saturated heterocycles. The molecule has 1 amide bonds. The monoisotopic (exact) mass is 205 g/mol. The normalized spacial score (nSPS) is 10.3. The molecule has 1 radical (unpaired) electrons. The number of amides is 1. The van der Waals surface area contributed by atoms with Crippen LogP contribution in [0, 0.1) is 6.42 Å². The highest BCUT2D eigenvalue weighted by Gasteiger charge is 2.02. The number of nitrogens with zero attached hydrogens (tertiary/aromatic N) is 1. The number of carbonyl (C=O) groups excluding carboxylic acids is 1. The summed E-state index contributed by atoms with van der Waals surface area (Å²) in [6.07, 6.45) is 1.61. The van der Waals surface area contributed by atoms with Crippen LogP contribution in [0.25, 0.3) is 0 Å². The summed E-state index contributed by atoms with van der Waals surface area (Å²) in [5.41, 5.74) is 0.930. The molecule has 0 aromatic heterocycles. The van der Waals surface area contributed by atoms with Gasteiger partial charge in [-0.05, 0) is 19.7 Å². The Kier molecular flexibility index (Phi) is 4.84. The number of benzene rings is 1. The molecule has 1 aromatic carbocycles. The lowest BCUT2D eigenvalue weighted by Gasteiger charge is -2.10. The Labute approximate surface area is 91.1 Å². The molecule has 1 aromatic rings. The van der Waals surface area contributed by atoms with Crippen molar-refractivity contribution in [1.82, 2.24) is 10.2 Å². The van der Waals surface area contributed by atoms with Crippen molar-refractivity contribution >= 4 is 5.91 Å².